The van der Waals surface area contributed by atoms with Crippen LogP contribution in [0.5, 0.6) is 0 Å². The highest BCUT2D eigenvalue weighted by atomic mass is 16.6. The zero-order chi connectivity index (χ0) is 89.5. The predicted molar refractivity (Wildman–Crippen MR) is 492 cm³/mol. The lowest BCUT2D eigenvalue weighted by molar-refractivity contribution is -0.152. The average molecular weight is 1690 g/mol. The monoisotopic (exact) mass is 1690 g/mol. The Balaban J connectivity index is 0.000000176. The molecular formula is C103H137N9O12. The smallest absolute Gasteiger partial charge is 0.430 e. The maximum Gasteiger partial charge on any atom is 0.430 e. The third-order valence-electron chi connectivity index (χ3n) is 22.8. The fourth-order valence-corrected chi connectivity index (χ4v) is 15.9. The van der Waals surface area contributed by atoms with Crippen LogP contribution in [0.4, 0.5) is 19.2 Å². The Morgan fingerprint density at radius 3 is 1.01 bits per heavy atom. The van der Waals surface area contributed by atoms with Crippen LogP contribution in [-0.2, 0) is 71.4 Å². The van der Waals surface area contributed by atoms with Crippen molar-refractivity contribution in [1.29, 1.82) is 0 Å². The Morgan fingerprint density at radius 2 is 0.694 bits per heavy atom. The molecule has 14 rings (SSSR count). The number of likely N-dealkylation sites (tertiary alicyclic amines) is 3. The lowest BCUT2D eigenvalue weighted by Crippen LogP contribution is -2.62. The molecule has 5 heterocycles. The molecule has 5 aliphatic heterocycles. The number of ketones is 1. The number of aliphatic hydroxyl groups is 1. The van der Waals surface area contributed by atoms with E-state index in [1.54, 1.807) is 69.2 Å². The van der Waals surface area contributed by atoms with Crippen molar-refractivity contribution < 1.29 is 57.9 Å². The first kappa shape index (κ1) is 97.3. The molecule has 21 heteroatoms. The van der Waals surface area contributed by atoms with E-state index in [0.29, 0.717) is 44.6 Å². The molecule has 4 amide bonds. The van der Waals surface area contributed by atoms with Gasteiger partial charge in [0.25, 0.3) is 0 Å². The maximum atomic E-state index is 13.5. The number of hydrazine groups is 2. The lowest BCUT2D eigenvalue weighted by Gasteiger charge is -2.48. The van der Waals surface area contributed by atoms with Crippen LogP contribution in [0.25, 0.3) is 5.57 Å². The van der Waals surface area contributed by atoms with Crippen LogP contribution in [-0.4, -0.2) is 164 Å². The van der Waals surface area contributed by atoms with Gasteiger partial charge < -0.3 is 34.5 Å². The number of aliphatic carboxylic acids is 1. The fourth-order valence-electron chi connectivity index (χ4n) is 15.9. The minimum Gasteiger partial charge on any atom is -0.481 e. The number of carboxylic acid groups (broad SMARTS) is 1. The molecule has 0 atom stereocenters. The molecule has 1 aliphatic carbocycles. The van der Waals surface area contributed by atoms with Gasteiger partial charge >= 0.3 is 30.3 Å². The number of benzene rings is 8. The SMILES string of the molecule is C1=C(c2ccccc2)CCN(Cc2ccccc2)C1.CC(C)(C)OC(=O)NN(C(=O)OC(C)(C)C)C1(c2ccccc2)CCN(Cc2ccccc2)CC1.CC(C)(C)OC(=O)NN(C(=O)OC(C)(C)C)C1(c2ccccc2)CCNCC1.CC1(C(=O)O)CCC1.O=C1CCN(Cc2ccccc2)CC1.OC1(c2ccccc2)CCN(Cc2ccccc2)CC1. The van der Waals surface area contributed by atoms with Gasteiger partial charge in [0.15, 0.2) is 0 Å². The Bertz CT molecular complexity index is 4560. The van der Waals surface area contributed by atoms with Crippen molar-refractivity contribution in [2.24, 2.45) is 5.41 Å². The zero-order valence-electron chi connectivity index (χ0n) is 75.7. The van der Waals surface area contributed by atoms with Crippen molar-refractivity contribution in [2.75, 3.05) is 65.4 Å². The molecule has 21 nitrogen and oxygen atoms in total. The van der Waals surface area contributed by atoms with Crippen LogP contribution in [0, 0.1) is 5.41 Å². The van der Waals surface area contributed by atoms with E-state index in [0.717, 1.165) is 147 Å². The molecule has 8 aromatic carbocycles. The van der Waals surface area contributed by atoms with Crippen LogP contribution >= 0.6 is 0 Å². The quantitative estimate of drug-likeness (QED) is 0.0474. The third kappa shape index (κ3) is 31.6. The molecule has 8 aromatic rings. The number of carboxylic acids is 1. The van der Waals surface area contributed by atoms with Crippen LogP contribution in [0.3, 0.4) is 0 Å². The number of rotatable bonds is 15. The second kappa shape index (κ2) is 45.9. The van der Waals surface area contributed by atoms with Crippen LogP contribution < -0.4 is 16.2 Å². The largest absolute Gasteiger partial charge is 0.481 e. The van der Waals surface area contributed by atoms with Gasteiger partial charge in [-0.15, -0.1) is 0 Å². The van der Waals surface area contributed by atoms with E-state index >= 15 is 0 Å². The zero-order valence-corrected chi connectivity index (χ0v) is 75.7. The van der Waals surface area contributed by atoms with Gasteiger partial charge in [-0.25, -0.2) is 40.0 Å². The van der Waals surface area contributed by atoms with Crippen molar-refractivity contribution in [3.63, 3.8) is 0 Å². The maximum absolute atomic E-state index is 13.5. The second-order valence-electron chi connectivity index (χ2n) is 37.4. The summed E-state index contributed by atoms with van der Waals surface area (Å²) in [5, 5.41) is 25.3. The number of carbonyl (C=O) groups is 6. The summed E-state index contributed by atoms with van der Waals surface area (Å²) in [7, 11) is 0. The minimum absolute atomic E-state index is 0.361. The summed E-state index contributed by atoms with van der Waals surface area (Å²) in [4.78, 5) is 83.1. The minimum atomic E-state index is -0.784. The van der Waals surface area contributed by atoms with Gasteiger partial charge in [-0.05, 0) is 211 Å². The molecule has 0 radical (unpaired) electrons. The standard InChI is InChI=1S/C28H39N3O4.C21H33N3O4.C18H21NO.C18H19N.C12H15NO.C6H10O2/c1-26(2,3)34-24(32)29-31(25(33)35-27(4,5)6)28(23-15-11-8-12-16-23)17-19-30(20-18-28)21-22-13-9-7-10-14-22;1-19(2,3)27-17(25)23-24(18(26)28-20(4,5)6)21(12-14-22-15-13-21)16-10-8-7-9-11-16;20-18(17-9-5-2-6-10-17)11-13-19(14-12-18)15-16-7-3-1-4-8-16;1-3-7-16(8-4-1)15-19-13-11-18(12-14-19)17-9-5-2-6-10-17;14-12-6-8-13(9-7-12)10-11-4-2-1-3-5-11;1-6(5(7)8)3-2-4-6/h7-16H,17-21H2,1-6H3,(H,29,32);7-11,22H,12-15H2,1-6H3,(H,23,25);1-10,20H,11-15H2;1-11H,12-15H2;1-5H,6-10H2;2-4H2,1H3,(H,7,8). The van der Waals surface area contributed by atoms with Crippen LogP contribution in [0.2, 0.25) is 0 Å². The fraction of sp³-hybridized carbons (Fsp3) is 0.456. The van der Waals surface area contributed by atoms with E-state index in [2.05, 4.69) is 163 Å². The summed E-state index contributed by atoms with van der Waals surface area (Å²) >= 11 is 0. The van der Waals surface area contributed by atoms with Crippen molar-refractivity contribution in [2.45, 2.75) is 232 Å². The topological polar surface area (TPSA) is 235 Å². The van der Waals surface area contributed by atoms with Crippen LogP contribution in [0.1, 0.15) is 212 Å². The number of carbonyl (C=O) groups excluding carboxylic acids is 5. The number of hydrogen-bond donors (Lipinski definition) is 5. The molecule has 0 bridgehead atoms. The van der Waals surface area contributed by atoms with Gasteiger partial charge in [-0.3, -0.25) is 29.2 Å². The van der Waals surface area contributed by atoms with Gasteiger partial charge in [-0.2, -0.15) is 0 Å². The Labute approximate surface area is 737 Å². The van der Waals surface area contributed by atoms with E-state index in [4.69, 9.17) is 24.1 Å². The van der Waals surface area contributed by atoms with Crippen molar-refractivity contribution >= 4 is 41.7 Å². The first-order chi connectivity index (χ1) is 59.0. The van der Waals surface area contributed by atoms with Crippen molar-refractivity contribution in [3.8, 4) is 0 Å². The summed E-state index contributed by atoms with van der Waals surface area (Å²) < 4.78 is 22.3. The molecular weight excluding hydrogens is 1560 g/mol. The highest BCUT2D eigenvalue weighted by molar-refractivity contribution is 5.79. The molecule has 5 fully saturated rings. The van der Waals surface area contributed by atoms with E-state index in [9.17, 15) is 33.9 Å². The summed E-state index contributed by atoms with van der Waals surface area (Å²) in [6.07, 6.45) is 9.33. The Kier molecular flexibility index (Phi) is 36.0. The lowest BCUT2D eigenvalue weighted by atomic mass is 9.71. The number of nitrogens with one attached hydrogen (secondary N) is 3. The average Bonchev–Trinajstić information content (AvgIpc) is 0.763. The van der Waals surface area contributed by atoms with E-state index in [1.807, 2.05) is 142 Å². The Hall–Kier alpha value is -10.5. The van der Waals surface area contributed by atoms with Gasteiger partial charge in [0.05, 0.1) is 22.1 Å². The van der Waals surface area contributed by atoms with Gasteiger partial charge in [0, 0.05) is 91.4 Å². The number of hydrogen-bond acceptors (Lipinski definition) is 16. The van der Waals surface area contributed by atoms with Crippen LogP contribution in [0.15, 0.2) is 249 Å². The number of Topliss-reactive ketones (excluding diaryl/α,β-unsaturated/α-hetero) is 1. The summed E-state index contributed by atoms with van der Waals surface area (Å²) in [6.45, 7) is 36.1. The second-order valence-corrected chi connectivity index (χ2v) is 37.4. The highest BCUT2D eigenvalue weighted by Crippen LogP contribution is 2.43. The predicted octanol–water partition coefficient (Wildman–Crippen LogP) is 20.1. The summed E-state index contributed by atoms with van der Waals surface area (Å²) in [5.74, 6) is -0.224. The third-order valence-corrected chi connectivity index (χ3v) is 22.8. The number of nitrogens with zero attached hydrogens (tertiary/aromatic N) is 6. The summed E-state index contributed by atoms with van der Waals surface area (Å²) in [6, 6.07) is 82.4. The number of amides is 4. The molecule has 4 saturated heterocycles. The molecule has 6 aliphatic rings. The van der Waals surface area contributed by atoms with Crippen molar-refractivity contribution in [3.05, 3.63) is 293 Å². The molecule has 124 heavy (non-hydrogen) atoms. The number of ether oxygens (including phenoxy) is 4. The van der Waals surface area contributed by atoms with E-state index < -0.39 is 69.4 Å². The molecule has 1 saturated carbocycles. The van der Waals surface area contributed by atoms with Gasteiger partial charge in [0.2, 0.25) is 0 Å². The molecule has 0 unspecified atom stereocenters. The van der Waals surface area contributed by atoms with E-state index in [1.165, 1.54) is 43.4 Å². The first-order valence-electron chi connectivity index (χ1n) is 44.2. The normalized spacial score (nSPS) is 17.5. The van der Waals surface area contributed by atoms with Gasteiger partial charge in [0.1, 0.15) is 28.2 Å². The van der Waals surface area contributed by atoms with E-state index in [-0.39, 0.29) is 5.41 Å². The molecule has 0 spiro atoms. The summed E-state index contributed by atoms with van der Waals surface area (Å²) in [5.41, 5.74) is 11.2. The van der Waals surface area contributed by atoms with Crippen molar-refractivity contribution in [1.82, 2.24) is 45.8 Å². The molecule has 0 aromatic heterocycles. The molecule has 666 valence electrons. The Morgan fingerprint density at radius 1 is 0.387 bits per heavy atom. The highest BCUT2D eigenvalue weighted by Gasteiger charge is 2.49. The number of piperidine rings is 4. The first-order valence-corrected chi connectivity index (χ1v) is 44.2. The van der Waals surface area contributed by atoms with Gasteiger partial charge in [-0.1, -0.05) is 255 Å². The molecule has 5 N–H and O–H groups in total.